The van der Waals surface area contributed by atoms with Crippen LogP contribution in [0.15, 0.2) is 115 Å². The molecule has 1 saturated carbocycles. The van der Waals surface area contributed by atoms with Crippen LogP contribution >= 0.6 is 0 Å². The van der Waals surface area contributed by atoms with Crippen LogP contribution in [0.3, 0.4) is 0 Å². The fourth-order valence-corrected chi connectivity index (χ4v) is 9.66. The first kappa shape index (κ1) is 32.8. The monoisotopic (exact) mass is 666 g/mol. The highest BCUT2D eigenvalue weighted by atomic mass is 16.6. The van der Waals surface area contributed by atoms with E-state index in [1.807, 2.05) is 41.3 Å². The Labute approximate surface area is 297 Å². The number of benzene rings is 4. The average Bonchev–Trinajstić information content (AvgIpc) is 3.63. The van der Waals surface area contributed by atoms with Gasteiger partial charge >= 0.3 is 6.09 Å². The van der Waals surface area contributed by atoms with Gasteiger partial charge in [0.15, 0.2) is 0 Å². The van der Waals surface area contributed by atoms with Gasteiger partial charge in [0.2, 0.25) is 0 Å². The fraction of sp³-hybridized carbons (Fsp3) is 0.409. The van der Waals surface area contributed by atoms with E-state index in [0.717, 1.165) is 61.1 Å². The molecule has 2 aliphatic heterocycles. The van der Waals surface area contributed by atoms with Crippen LogP contribution in [0.5, 0.6) is 0 Å². The minimum Gasteiger partial charge on any atom is -0.445 e. The molecule has 1 aliphatic carbocycles. The smallest absolute Gasteiger partial charge is 0.410 e. The van der Waals surface area contributed by atoms with E-state index in [9.17, 15) is 4.79 Å². The summed E-state index contributed by atoms with van der Waals surface area (Å²) in [4.78, 5) is 23.6. The molecule has 3 fully saturated rings. The Morgan fingerprint density at radius 1 is 0.760 bits per heavy atom. The largest absolute Gasteiger partial charge is 0.445 e. The highest BCUT2D eigenvalue weighted by molar-refractivity contribution is 5.76. The van der Waals surface area contributed by atoms with E-state index in [0.29, 0.717) is 31.3 Å². The van der Waals surface area contributed by atoms with Crippen molar-refractivity contribution in [2.75, 3.05) is 6.54 Å². The van der Waals surface area contributed by atoms with Crippen LogP contribution in [0.2, 0.25) is 0 Å². The van der Waals surface area contributed by atoms with Crippen molar-refractivity contribution in [3.05, 3.63) is 138 Å². The lowest BCUT2D eigenvalue weighted by Gasteiger charge is -2.46. The first-order valence-electron chi connectivity index (χ1n) is 18.8. The van der Waals surface area contributed by atoms with Crippen molar-refractivity contribution >= 4 is 17.1 Å². The van der Waals surface area contributed by atoms with Crippen LogP contribution < -0.4 is 0 Å². The van der Waals surface area contributed by atoms with Gasteiger partial charge in [-0.15, -0.1) is 0 Å². The Morgan fingerprint density at radius 3 is 2.04 bits per heavy atom. The summed E-state index contributed by atoms with van der Waals surface area (Å²) in [5.74, 6) is 1.15. The Bertz CT molecular complexity index is 1850. The molecule has 50 heavy (non-hydrogen) atoms. The van der Waals surface area contributed by atoms with Gasteiger partial charge in [0.05, 0.1) is 11.0 Å². The normalized spacial score (nSPS) is 25.1. The molecule has 258 valence electrons. The van der Waals surface area contributed by atoms with Crippen LogP contribution in [0.1, 0.15) is 86.3 Å². The number of fused-ring (bicyclic) bond motifs is 3. The molecular formula is C44H50N4O2. The maximum Gasteiger partial charge on any atom is 0.410 e. The summed E-state index contributed by atoms with van der Waals surface area (Å²) in [7, 11) is 0. The standard InChI is InChI=1S/C44H50N4O2/c1-33-45-41-19-11-12-20-42(41)48(33)40-29-38-21-22-39(30-40)46(38)28-27-44(36-17-9-4-10-18-36)25-23-37(24-26-44)47(31-34-13-5-2-6-14-34)43(49)50-32-35-15-7-3-8-16-35/h2-20,37-40H,21-32H2,1H3/t37?,38-,39-,44?/m1/s1. The molecule has 8 rings (SSSR count). The van der Waals surface area contributed by atoms with E-state index < -0.39 is 0 Å². The zero-order valence-corrected chi connectivity index (χ0v) is 29.4. The highest BCUT2D eigenvalue weighted by Crippen LogP contribution is 2.47. The second-order valence-corrected chi connectivity index (χ2v) is 15.0. The van der Waals surface area contributed by atoms with Crippen molar-refractivity contribution in [1.82, 2.24) is 19.4 Å². The maximum absolute atomic E-state index is 13.8. The predicted molar refractivity (Wildman–Crippen MR) is 200 cm³/mol. The Balaban J connectivity index is 0.971. The molecule has 2 saturated heterocycles. The SMILES string of the molecule is Cc1nc2ccccc2n1C1C[C@H]2CC[C@H](C1)N2CCC1(c2ccccc2)CCC(N(Cc2ccccc2)C(=O)OCc2ccccc2)CC1. The third-order valence-electron chi connectivity index (χ3n) is 12.2. The number of para-hydroxylation sites is 2. The van der Waals surface area contributed by atoms with E-state index in [-0.39, 0.29) is 17.6 Å². The van der Waals surface area contributed by atoms with Crippen LogP contribution in [0, 0.1) is 6.92 Å². The van der Waals surface area contributed by atoms with Crippen molar-refractivity contribution in [2.24, 2.45) is 0 Å². The van der Waals surface area contributed by atoms with E-state index in [4.69, 9.17) is 9.72 Å². The minimum atomic E-state index is -0.213. The molecule has 3 aliphatic rings. The Morgan fingerprint density at radius 2 is 1.36 bits per heavy atom. The van der Waals surface area contributed by atoms with Crippen molar-refractivity contribution in [2.45, 2.75) is 107 Å². The molecule has 6 nitrogen and oxygen atoms in total. The summed E-state index contributed by atoms with van der Waals surface area (Å²) < 4.78 is 8.49. The van der Waals surface area contributed by atoms with Crippen LogP contribution in [-0.2, 0) is 23.3 Å². The van der Waals surface area contributed by atoms with Crippen LogP contribution in [0.25, 0.3) is 11.0 Å². The zero-order valence-electron chi connectivity index (χ0n) is 29.4. The van der Waals surface area contributed by atoms with Crippen molar-refractivity contribution in [1.29, 1.82) is 0 Å². The number of carbonyl (C=O) groups is 1. The van der Waals surface area contributed by atoms with Crippen molar-refractivity contribution in [3.63, 3.8) is 0 Å². The Hall–Kier alpha value is -4.42. The second kappa shape index (κ2) is 14.4. The number of hydrogen-bond donors (Lipinski definition) is 0. The molecule has 6 heteroatoms. The number of carbonyl (C=O) groups excluding carboxylic acids is 1. The maximum atomic E-state index is 13.8. The summed E-state index contributed by atoms with van der Waals surface area (Å²) in [5, 5.41) is 0. The highest BCUT2D eigenvalue weighted by Gasteiger charge is 2.45. The summed E-state index contributed by atoms with van der Waals surface area (Å²) in [5.41, 5.74) is 6.13. The van der Waals surface area contributed by atoms with Gasteiger partial charge in [0.25, 0.3) is 0 Å². The number of aromatic nitrogens is 2. The number of nitrogens with zero attached hydrogens (tertiary/aromatic N) is 4. The molecule has 5 aromatic rings. The molecular weight excluding hydrogens is 617 g/mol. The molecule has 2 atom stereocenters. The van der Waals surface area contributed by atoms with Gasteiger partial charge in [-0.05, 0) is 105 Å². The number of hydrogen-bond acceptors (Lipinski definition) is 4. The lowest BCUT2D eigenvalue weighted by Crippen LogP contribution is -2.48. The molecule has 2 bridgehead atoms. The first-order chi connectivity index (χ1) is 24.6. The van der Waals surface area contributed by atoms with Gasteiger partial charge in [0.1, 0.15) is 12.4 Å². The van der Waals surface area contributed by atoms with E-state index >= 15 is 0 Å². The van der Waals surface area contributed by atoms with E-state index in [2.05, 4.69) is 95.3 Å². The number of imidazole rings is 1. The van der Waals surface area contributed by atoms with Crippen LogP contribution in [0.4, 0.5) is 4.79 Å². The summed E-state index contributed by atoms with van der Waals surface area (Å²) >= 11 is 0. The number of ether oxygens (including phenoxy) is 1. The molecule has 0 radical (unpaired) electrons. The number of aryl methyl sites for hydroxylation is 1. The van der Waals surface area contributed by atoms with E-state index in [1.54, 1.807) is 0 Å². The minimum absolute atomic E-state index is 0.109. The van der Waals surface area contributed by atoms with Crippen molar-refractivity contribution < 1.29 is 9.53 Å². The summed E-state index contributed by atoms with van der Waals surface area (Å²) in [6.07, 6.45) is 10.1. The topological polar surface area (TPSA) is 50.6 Å². The second-order valence-electron chi connectivity index (χ2n) is 15.0. The number of rotatable bonds is 10. The molecule has 0 N–H and O–H groups in total. The summed E-state index contributed by atoms with van der Waals surface area (Å²) in [6.45, 7) is 4.18. The van der Waals surface area contributed by atoms with E-state index in [1.165, 1.54) is 36.8 Å². The van der Waals surface area contributed by atoms with Crippen LogP contribution in [-0.4, -0.2) is 50.1 Å². The lowest BCUT2D eigenvalue weighted by molar-refractivity contribution is 0.0539. The summed E-state index contributed by atoms with van der Waals surface area (Å²) in [6, 6.07) is 42.2. The van der Waals surface area contributed by atoms with Gasteiger partial charge in [-0.25, -0.2) is 9.78 Å². The van der Waals surface area contributed by atoms with Gasteiger partial charge in [-0.3, -0.25) is 4.90 Å². The number of piperidine rings is 1. The van der Waals surface area contributed by atoms with Gasteiger partial charge in [-0.2, -0.15) is 0 Å². The molecule has 3 heterocycles. The third-order valence-corrected chi connectivity index (χ3v) is 12.2. The molecule has 0 unspecified atom stereocenters. The average molecular weight is 667 g/mol. The first-order valence-corrected chi connectivity index (χ1v) is 18.8. The van der Waals surface area contributed by atoms with Gasteiger partial charge in [-0.1, -0.05) is 103 Å². The number of amides is 1. The molecule has 1 amide bonds. The molecule has 0 spiro atoms. The fourth-order valence-electron chi connectivity index (χ4n) is 9.66. The van der Waals surface area contributed by atoms with Gasteiger partial charge < -0.3 is 14.2 Å². The predicted octanol–water partition coefficient (Wildman–Crippen LogP) is 9.62. The molecule has 1 aromatic heterocycles. The zero-order chi connectivity index (χ0) is 33.9. The van der Waals surface area contributed by atoms with Gasteiger partial charge in [0, 0.05) is 30.7 Å². The third kappa shape index (κ3) is 6.70. The lowest BCUT2D eigenvalue weighted by atomic mass is 9.66. The quantitative estimate of drug-likeness (QED) is 0.149. The molecule has 4 aromatic carbocycles. The van der Waals surface area contributed by atoms with Crippen molar-refractivity contribution in [3.8, 4) is 0 Å². The Kier molecular flexibility index (Phi) is 9.46.